The lowest BCUT2D eigenvalue weighted by molar-refractivity contribution is 0.262. The van der Waals surface area contributed by atoms with Crippen LogP contribution < -0.4 is 21.3 Å². The molecule has 0 aliphatic heterocycles. The molecule has 5 N–H and O–H groups in total. The Labute approximate surface area is 252 Å². The fourth-order valence-electron chi connectivity index (χ4n) is 4.82. The number of para-hydroxylation sites is 1. The molecular formula is C33H39N9O. The van der Waals surface area contributed by atoms with Crippen molar-refractivity contribution >= 4 is 40.1 Å². The minimum atomic E-state index is -0.277. The summed E-state index contributed by atoms with van der Waals surface area (Å²) in [6.45, 7) is 9.31. The molecule has 43 heavy (non-hydrogen) atoms. The third-order valence-electron chi connectivity index (χ3n) is 7.27. The molecule has 0 bridgehead atoms. The molecule has 10 heteroatoms. The molecule has 5 aromatic rings. The fraction of sp³-hybridized carbons (Fsp3) is 0.273. The number of carbonyl (C=O) groups excluding carboxylic acids is 1. The number of benzene rings is 3. The van der Waals surface area contributed by atoms with Crippen molar-refractivity contribution in [1.82, 2.24) is 24.8 Å². The maximum atomic E-state index is 12.2. The summed E-state index contributed by atoms with van der Waals surface area (Å²) in [4.78, 5) is 31.6. The SMILES string of the molecule is CCN(CC)CCCNc1ccc(-c2nc3ncnc(NCCc4ccc(NC(=O)Nc5ccccc5)cc4)c3[nH]2)cc1. The Kier molecular flexibility index (Phi) is 10.2. The van der Waals surface area contributed by atoms with Gasteiger partial charge in [0.2, 0.25) is 0 Å². The molecule has 10 nitrogen and oxygen atoms in total. The minimum Gasteiger partial charge on any atom is -0.385 e. The van der Waals surface area contributed by atoms with Crippen LogP contribution in [0.5, 0.6) is 0 Å². The molecule has 0 saturated carbocycles. The summed E-state index contributed by atoms with van der Waals surface area (Å²) in [6.07, 6.45) is 3.42. The fourth-order valence-corrected chi connectivity index (χ4v) is 4.82. The van der Waals surface area contributed by atoms with Gasteiger partial charge in [-0.15, -0.1) is 0 Å². The number of rotatable bonds is 14. The highest BCUT2D eigenvalue weighted by Gasteiger charge is 2.11. The first-order valence-electron chi connectivity index (χ1n) is 14.8. The second-order valence-corrected chi connectivity index (χ2v) is 10.2. The second kappa shape index (κ2) is 14.8. The van der Waals surface area contributed by atoms with Crippen LogP contribution in [0.15, 0.2) is 85.2 Å². The Morgan fingerprint density at radius 1 is 0.791 bits per heavy atom. The summed E-state index contributed by atoms with van der Waals surface area (Å²) in [5.74, 6) is 1.47. The van der Waals surface area contributed by atoms with Gasteiger partial charge < -0.3 is 31.2 Å². The van der Waals surface area contributed by atoms with Crippen molar-refractivity contribution in [3.63, 3.8) is 0 Å². The lowest BCUT2D eigenvalue weighted by atomic mass is 10.1. The zero-order valence-corrected chi connectivity index (χ0v) is 24.7. The third-order valence-corrected chi connectivity index (χ3v) is 7.27. The van der Waals surface area contributed by atoms with E-state index in [0.717, 1.165) is 78.6 Å². The molecule has 3 aromatic carbocycles. The van der Waals surface area contributed by atoms with E-state index in [4.69, 9.17) is 4.98 Å². The first kappa shape index (κ1) is 29.5. The highest BCUT2D eigenvalue weighted by Crippen LogP contribution is 2.24. The minimum absolute atomic E-state index is 0.277. The number of aromatic nitrogens is 4. The number of imidazole rings is 1. The van der Waals surface area contributed by atoms with E-state index in [-0.39, 0.29) is 6.03 Å². The summed E-state index contributed by atoms with van der Waals surface area (Å²) in [6, 6.07) is 25.2. The number of hydrogen-bond acceptors (Lipinski definition) is 7. The second-order valence-electron chi connectivity index (χ2n) is 10.2. The van der Waals surface area contributed by atoms with E-state index < -0.39 is 0 Å². The van der Waals surface area contributed by atoms with Crippen molar-refractivity contribution in [2.24, 2.45) is 0 Å². The maximum absolute atomic E-state index is 12.2. The molecule has 2 heterocycles. The lowest BCUT2D eigenvalue weighted by Crippen LogP contribution is -2.25. The number of anilines is 4. The zero-order valence-electron chi connectivity index (χ0n) is 24.7. The number of nitrogens with zero attached hydrogens (tertiary/aromatic N) is 4. The van der Waals surface area contributed by atoms with Gasteiger partial charge in [0.15, 0.2) is 11.5 Å². The molecule has 0 atom stereocenters. The van der Waals surface area contributed by atoms with E-state index >= 15 is 0 Å². The zero-order chi connectivity index (χ0) is 29.9. The van der Waals surface area contributed by atoms with Crippen molar-refractivity contribution in [2.75, 3.05) is 54.0 Å². The molecule has 0 unspecified atom stereocenters. The molecule has 0 aliphatic carbocycles. The van der Waals surface area contributed by atoms with Crippen molar-refractivity contribution in [1.29, 1.82) is 0 Å². The van der Waals surface area contributed by atoms with Gasteiger partial charge in [0.25, 0.3) is 0 Å². The summed E-state index contributed by atoms with van der Waals surface area (Å²) in [7, 11) is 0. The monoisotopic (exact) mass is 577 g/mol. The van der Waals surface area contributed by atoms with Gasteiger partial charge in [-0.05, 0) is 86.6 Å². The number of amides is 2. The first-order chi connectivity index (χ1) is 21.1. The van der Waals surface area contributed by atoms with Crippen molar-refractivity contribution < 1.29 is 4.79 Å². The molecule has 2 amide bonds. The van der Waals surface area contributed by atoms with E-state index in [1.165, 1.54) is 6.33 Å². The Morgan fingerprint density at radius 3 is 2.21 bits per heavy atom. The van der Waals surface area contributed by atoms with Crippen molar-refractivity contribution in [2.45, 2.75) is 26.7 Å². The van der Waals surface area contributed by atoms with Crippen LogP contribution in [0.2, 0.25) is 0 Å². The van der Waals surface area contributed by atoms with Crippen molar-refractivity contribution in [3.05, 3.63) is 90.8 Å². The number of urea groups is 1. The lowest BCUT2D eigenvalue weighted by Gasteiger charge is -2.17. The quantitative estimate of drug-likeness (QED) is 0.0960. The van der Waals surface area contributed by atoms with Gasteiger partial charge >= 0.3 is 6.03 Å². The first-order valence-corrected chi connectivity index (χ1v) is 14.8. The Bertz CT molecular complexity index is 1580. The van der Waals surface area contributed by atoms with Gasteiger partial charge in [-0.3, -0.25) is 0 Å². The van der Waals surface area contributed by atoms with Crippen LogP contribution in [0.25, 0.3) is 22.6 Å². The molecule has 2 aromatic heterocycles. The Morgan fingerprint density at radius 2 is 1.49 bits per heavy atom. The van der Waals surface area contributed by atoms with Gasteiger partial charge in [0.1, 0.15) is 17.7 Å². The topological polar surface area (TPSA) is 123 Å². The average Bonchev–Trinajstić information content (AvgIpc) is 3.48. The molecule has 0 aliphatic rings. The molecule has 0 spiro atoms. The highest BCUT2D eigenvalue weighted by atomic mass is 16.2. The number of H-pyrrole nitrogens is 1. The summed E-state index contributed by atoms with van der Waals surface area (Å²) >= 11 is 0. The van der Waals surface area contributed by atoms with Gasteiger partial charge in [0.05, 0.1) is 0 Å². The highest BCUT2D eigenvalue weighted by molar-refractivity contribution is 5.99. The van der Waals surface area contributed by atoms with E-state index in [9.17, 15) is 4.79 Å². The average molecular weight is 578 g/mol. The van der Waals surface area contributed by atoms with E-state index in [1.54, 1.807) is 0 Å². The van der Waals surface area contributed by atoms with Gasteiger partial charge in [-0.25, -0.2) is 19.7 Å². The number of nitrogens with one attached hydrogen (secondary N) is 5. The molecule has 222 valence electrons. The summed E-state index contributed by atoms with van der Waals surface area (Å²) in [5.41, 5.74) is 6.10. The molecule has 5 rings (SSSR count). The van der Waals surface area contributed by atoms with Crippen LogP contribution in [0.1, 0.15) is 25.8 Å². The molecular weight excluding hydrogens is 538 g/mol. The summed E-state index contributed by atoms with van der Waals surface area (Å²) in [5, 5.41) is 12.6. The molecule has 0 radical (unpaired) electrons. The van der Waals surface area contributed by atoms with Crippen LogP contribution in [-0.2, 0) is 6.42 Å². The van der Waals surface area contributed by atoms with Crippen LogP contribution in [0, 0.1) is 0 Å². The Hall–Kier alpha value is -4.96. The largest absolute Gasteiger partial charge is 0.385 e. The van der Waals surface area contributed by atoms with E-state index in [0.29, 0.717) is 18.0 Å². The van der Waals surface area contributed by atoms with Gasteiger partial charge in [-0.1, -0.05) is 44.2 Å². The number of fused-ring (bicyclic) bond motifs is 1. The normalized spacial score (nSPS) is 11.0. The standard InChI is InChI=1S/C33H39N9O/c1-3-42(4-2)22-8-20-34-26-17-13-25(14-18-26)30-40-29-31(36-23-37-32(29)41-30)35-21-19-24-11-15-28(16-12-24)39-33(43)38-27-9-6-5-7-10-27/h5-7,9-18,23,34H,3-4,8,19-22H2,1-2H3,(H2,38,39,43)(H2,35,36,37,40,41). The van der Waals surface area contributed by atoms with Crippen LogP contribution >= 0.6 is 0 Å². The van der Waals surface area contributed by atoms with Gasteiger partial charge in [-0.2, -0.15) is 0 Å². The van der Waals surface area contributed by atoms with E-state index in [1.807, 2.05) is 54.6 Å². The number of aromatic amines is 1. The van der Waals surface area contributed by atoms with E-state index in [2.05, 4.69) is 79.2 Å². The number of hydrogen-bond donors (Lipinski definition) is 5. The predicted molar refractivity (Wildman–Crippen MR) is 176 cm³/mol. The molecule has 0 saturated heterocycles. The van der Waals surface area contributed by atoms with Crippen molar-refractivity contribution in [3.8, 4) is 11.4 Å². The smallest absolute Gasteiger partial charge is 0.323 e. The maximum Gasteiger partial charge on any atom is 0.323 e. The van der Waals surface area contributed by atoms with Crippen LogP contribution in [-0.4, -0.2) is 63.6 Å². The van der Waals surface area contributed by atoms with Crippen LogP contribution in [0.3, 0.4) is 0 Å². The summed E-state index contributed by atoms with van der Waals surface area (Å²) < 4.78 is 0. The molecule has 0 fully saturated rings. The third kappa shape index (κ3) is 8.30. The number of carbonyl (C=O) groups is 1. The van der Waals surface area contributed by atoms with Gasteiger partial charge in [0, 0.05) is 35.7 Å². The van der Waals surface area contributed by atoms with Crippen LogP contribution in [0.4, 0.5) is 27.7 Å². The Balaban J connectivity index is 1.12. The predicted octanol–water partition coefficient (Wildman–Crippen LogP) is 6.46.